The first-order chi connectivity index (χ1) is 15.9. The van der Waals surface area contributed by atoms with Gasteiger partial charge in [-0.2, -0.15) is 4.31 Å². The number of hydrogen-bond donors (Lipinski definition) is 1. The maximum atomic E-state index is 13.3. The van der Waals surface area contributed by atoms with Gasteiger partial charge in [-0.25, -0.2) is 8.42 Å². The van der Waals surface area contributed by atoms with Gasteiger partial charge in [-0.05, 0) is 48.6 Å². The molecule has 1 fully saturated rings. The van der Waals surface area contributed by atoms with Gasteiger partial charge in [0.1, 0.15) is 0 Å². The lowest BCUT2D eigenvalue weighted by atomic mass is 10.0. The molecule has 2 aromatic rings. The van der Waals surface area contributed by atoms with Crippen molar-refractivity contribution in [3.63, 3.8) is 0 Å². The summed E-state index contributed by atoms with van der Waals surface area (Å²) in [5.41, 5.74) is 2.64. The van der Waals surface area contributed by atoms with Gasteiger partial charge in [0.05, 0.1) is 10.6 Å². The SMILES string of the molecule is O=C1Nc2cc(S(=O)(=O)N3CCc4ccccc4C3)ccc2S[C@H]1C(=O)N1CCCCCC1. The van der Waals surface area contributed by atoms with Crippen molar-refractivity contribution in [2.45, 2.75) is 53.7 Å². The van der Waals surface area contributed by atoms with Gasteiger partial charge in [0, 0.05) is 31.1 Å². The molecule has 3 heterocycles. The first kappa shape index (κ1) is 22.4. The number of thioether (sulfide) groups is 1. The number of hydrogen-bond acceptors (Lipinski definition) is 5. The molecule has 2 aromatic carbocycles. The zero-order valence-corrected chi connectivity index (χ0v) is 20.0. The molecule has 0 aromatic heterocycles. The van der Waals surface area contributed by atoms with Gasteiger partial charge in [-0.3, -0.25) is 9.59 Å². The number of sulfonamides is 1. The first-order valence-electron chi connectivity index (χ1n) is 11.4. The van der Waals surface area contributed by atoms with Crippen LogP contribution >= 0.6 is 11.8 Å². The lowest BCUT2D eigenvalue weighted by Gasteiger charge is -2.30. The Morgan fingerprint density at radius 1 is 0.970 bits per heavy atom. The number of rotatable bonds is 3. The highest BCUT2D eigenvalue weighted by atomic mass is 32.2. The molecule has 0 bridgehead atoms. The van der Waals surface area contributed by atoms with Crippen molar-refractivity contribution in [2.24, 2.45) is 0 Å². The summed E-state index contributed by atoms with van der Waals surface area (Å²) in [7, 11) is -3.71. The van der Waals surface area contributed by atoms with E-state index >= 15 is 0 Å². The van der Waals surface area contributed by atoms with Crippen molar-refractivity contribution in [2.75, 3.05) is 25.0 Å². The zero-order valence-electron chi connectivity index (χ0n) is 18.3. The minimum Gasteiger partial charge on any atom is -0.341 e. The summed E-state index contributed by atoms with van der Waals surface area (Å²) >= 11 is 1.21. The van der Waals surface area contributed by atoms with Crippen LogP contribution in [0.2, 0.25) is 0 Å². The molecule has 0 radical (unpaired) electrons. The normalized spacial score (nSPS) is 21.5. The van der Waals surface area contributed by atoms with Crippen LogP contribution in [-0.4, -0.2) is 54.3 Å². The van der Waals surface area contributed by atoms with Crippen molar-refractivity contribution in [3.8, 4) is 0 Å². The number of carbonyl (C=O) groups excluding carboxylic acids is 2. The molecule has 3 aliphatic rings. The fourth-order valence-electron chi connectivity index (χ4n) is 4.69. The minimum atomic E-state index is -3.71. The highest BCUT2D eigenvalue weighted by Gasteiger charge is 2.37. The monoisotopic (exact) mass is 485 g/mol. The number of nitrogens with zero attached hydrogens (tertiary/aromatic N) is 2. The largest absolute Gasteiger partial charge is 0.341 e. The Bertz CT molecular complexity index is 1190. The van der Waals surface area contributed by atoms with E-state index < -0.39 is 15.3 Å². The number of nitrogens with one attached hydrogen (secondary N) is 1. The maximum absolute atomic E-state index is 13.3. The van der Waals surface area contributed by atoms with Crippen LogP contribution in [-0.2, 0) is 32.6 Å². The molecular formula is C24H27N3O4S2. The Kier molecular flexibility index (Phi) is 6.20. The third-order valence-corrected chi connectivity index (χ3v) is 9.67. The van der Waals surface area contributed by atoms with Crippen LogP contribution in [0.4, 0.5) is 5.69 Å². The van der Waals surface area contributed by atoms with Crippen LogP contribution in [0.5, 0.6) is 0 Å². The molecular weight excluding hydrogens is 458 g/mol. The van der Waals surface area contributed by atoms with Gasteiger partial charge in [-0.1, -0.05) is 37.1 Å². The fraction of sp³-hybridized carbons (Fsp3) is 0.417. The molecule has 9 heteroatoms. The number of benzene rings is 2. The number of amides is 2. The Balaban J connectivity index is 1.35. The van der Waals surface area contributed by atoms with Crippen molar-refractivity contribution < 1.29 is 18.0 Å². The number of anilines is 1. The van der Waals surface area contributed by atoms with Crippen LogP contribution in [0.1, 0.15) is 36.8 Å². The predicted molar refractivity (Wildman–Crippen MR) is 128 cm³/mol. The molecule has 1 atom stereocenters. The number of carbonyl (C=O) groups is 2. The summed E-state index contributed by atoms with van der Waals surface area (Å²) in [6.45, 7) is 2.13. The molecule has 0 saturated carbocycles. The van der Waals surface area contributed by atoms with E-state index in [1.165, 1.54) is 27.7 Å². The van der Waals surface area contributed by atoms with Crippen molar-refractivity contribution in [1.82, 2.24) is 9.21 Å². The van der Waals surface area contributed by atoms with Gasteiger partial charge in [0.25, 0.3) is 0 Å². The third kappa shape index (κ3) is 4.41. The van der Waals surface area contributed by atoms with Crippen molar-refractivity contribution in [1.29, 1.82) is 0 Å². The van der Waals surface area contributed by atoms with E-state index in [1.54, 1.807) is 17.0 Å². The molecule has 7 nitrogen and oxygen atoms in total. The zero-order chi connectivity index (χ0) is 23.0. The molecule has 1 saturated heterocycles. The van der Waals surface area contributed by atoms with E-state index in [-0.39, 0.29) is 16.7 Å². The van der Waals surface area contributed by atoms with E-state index in [4.69, 9.17) is 0 Å². The predicted octanol–water partition coefficient (Wildman–Crippen LogP) is 3.25. The van der Waals surface area contributed by atoms with E-state index in [0.717, 1.165) is 31.2 Å². The summed E-state index contributed by atoms with van der Waals surface area (Å²) in [6, 6.07) is 12.7. The molecule has 0 aliphatic carbocycles. The van der Waals surface area contributed by atoms with Crippen molar-refractivity contribution >= 4 is 39.3 Å². The summed E-state index contributed by atoms with van der Waals surface area (Å²) in [4.78, 5) is 28.4. The van der Waals surface area contributed by atoms with Crippen molar-refractivity contribution in [3.05, 3.63) is 53.6 Å². The summed E-state index contributed by atoms with van der Waals surface area (Å²) in [5.74, 6) is -0.545. The molecule has 2 amide bonds. The van der Waals surface area contributed by atoms with E-state index in [9.17, 15) is 18.0 Å². The molecule has 5 rings (SSSR count). The molecule has 33 heavy (non-hydrogen) atoms. The van der Waals surface area contributed by atoms with E-state index in [1.807, 2.05) is 24.3 Å². The summed E-state index contributed by atoms with van der Waals surface area (Å²) in [6.07, 6.45) is 4.81. The number of likely N-dealkylation sites (tertiary alicyclic amines) is 1. The number of fused-ring (bicyclic) bond motifs is 2. The fourth-order valence-corrected chi connectivity index (χ4v) is 7.19. The second-order valence-corrected chi connectivity index (χ2v) is 11.8. The van der Waals surface area contributed by atoms with E-state index in [2.05, 4.69) is 5.32 Å². The third-order valence-electron chi connectivity index (χ3n) is 6.57. The Hall–Kier alpha value is -2.36. The smallest absolute Gasteiger partial charge is 0.247 e. The maximum Gasteiger partial charge on any atom is 0.247 e. The summed E-state index contributed by atoms with van der Waals surface area (Å²) in [5, 5.41) is 1.95. The summed E-state index contributed by atoms with van der Waals surface area (Å²) < 4.78 is 28.1. The molecule has 3 aliphatic heterocycles. The van der Waals surface area contributed by atoms with Gasteiger partial charge >= 0.3 is 0 Å². The molecule has 0 unspecified atom stereocenters. The molecule has 0 spiro atoms. The highest BCUT2D eigenvalue weighted by molar-refractivity contribution is 8.01. The standard InChI is InChI=1S/C24H27N3O4S2/c28-23-22(24(29)26-12-5-1-2-6-13-26)32-21-10-9-19(15-20(21)25-23)33(30,31)27-14-11-17-7-3-4-8-18(17)16-27/h3-4,7-10,15,22H,1-2,5-6,11-14,16H2,(H,25,28)/t22-/m1/s1. The molecule has 1 N–H and O–H groups in total. The lowest BCUT2D eigenvalue weighted by molar-refractivity contribution is -0.133. The van der Waals surface area contributed by atoms with Gasteiger partial charge in [0.2, 0.25) is 21.8 Å². The van der Waals surface area contributed by atoms with Crippen LogP contribution in [0.25, 0.3) is 0 Å². The van der Waals surface area contributed by atoms with Gasteiger partial charge in [-0.15, -0.1) is 11.8 Å². The topological polar surface area (TPSA) is 86.8 Å². The van der Waals surface area contributed by atoms with Crippen LogP contribution in [0.3, 0.4) is 0 Å². The van der Waals surface area contributed by atoms with Gasteiger partial charge in [0.15, 0.2) is 5.25 Å². The minimum absolute atomic E-state index is 0.152. The van der Waals surface area contributed by atoms with Crippen LogP contribution in [0, 0.1) is 0 Å². The highest BCUT2D eigenvalue weighted by Crippen LogP contribution is 2.38. The lowest BCUT2D eigenvalue weighted by Crippen LogP contribution is -2.45. The van der Waals surface area contributed by atoms with Crippen LogP contribution < -0.4 is 5.32 Å². The quantitative estimate of drug-likeness (QED) is 0.675. The average Bonchev–Trinajstić information content (AvgIpc) is 3.12. The Morgan fingerprint density at radius 2 is 1.70 bits per heavy atom. The van der Waals surface area contributed by atoms with Gasteiger partial charge < -0.3 is 10.2 Å². The second kappa shape index (κ2) is 9.12. The Labute approximate surface area is 198 Å². The Morgan fingerprint density at radius 3 is 2.45 bits per heavy atom. The first-order valence-corrected chi connectivity index (χ1v) is 13.7. The van der Waals surface area contributed by atoms with E-state index in [0.29, 0.717) is 43.2 Å². The molecule has 174 valence electrons. The average molecular weight is 486 g/mol. The van der Waals surface area contributed by atoms with Crippen LogP contribution in [0.15, 0.2) is 52.3 Å². The second-order valence-electron chi connectivity index (χ2n) is 8.74.